The van der Waals surface area contributed by atoms with Gasteiger partial charge in [0.05, 0.1) is 0 Å². The molecule has 18 heavy (non-hydrogen) atoms. The van der Waals surface area contributed by atoms with Crippen LogP contribution in [0.4, 0.5) is 0 Å². The molecule has 104 valence electrons. The summed E-state index contributed by atoms with van der Waals surface area (Å²) in [5, 5.41) is 0.885. The molecule has 4 unspecified atom stereocenters. The molecule has 1 saturated carbocycles. The summed E-state index contributed by atoms with van der Waals surface area (Å²) in [5.41, 5.74) is 6.25. The fourth-order valence-electron chi connectivity index (χ4n) is 4.69. The maximum absolute atomic E-state index is 6.25. The number of nitrogens with zero attached hydrogens (tertiary/aromatic N) is 1. The third-order valence-electron chi connectivity index (χ3n) is 5.42. The Morgan fingerprint density at radius 3 is 2.28 bits per heavy atom. The van der Waals surface area contributed by atoms with Crippen LogP contribution in [0.3, 0.4) is 0 Å². The monoisotopic (exact) mass is 268 g/mol. The van der Waals surface area contributed by atoms with Crippen molar-refractivity contribution in [2.45, 2.75) is 87.2 Å². The molecule has 0 aromatic rings. The van der Waals surface area contributed by atoms with Gasteiger partial charge in [0.2, 0.25) is 0 Å². The Balaban J connectivity index is 1.77. The van der Waals surface area contributed by atoms with E-state index in [9.17, 15) is 0 Å². The van der Waals surface area contributed by atoms with Crippen molar-refractivity contribution >= 4 is 11.8 Å². The van der Waals surface area contributed by atoms with Crippen molar-refractivity contribution in [1.29, 1.82) is 0 Å². The van der Waals surface area contributed by atoms with Crippen LogP contribution < -0.4 is 5.73 Å². The zero-order valence-electron chi connectivity index (χ0n) is 11.7. The number of piperidine rings is 2. The van der Waals surface area contributed by atoms with Gasteiger partial charge in [-0.1, -0.05) is 19.3 Å². The van der Waals surface area contributed by atoms with Gasteiger partial charge in [0, 0.05) is 29.4 Å². The molecule has 2 N–H and O–H groups in total. The normalized spacial score (nSPS) is 46.0. The number of thioether (sulfide) groups is 1. The first-order chi connectivity index (χ1) is 8.79. The topological polar surface area (TPSA) is 29.3 Å². The first-order valence-corrected chi connectivity index (χ1v) is 9.14. The average molecular weight is 268 g/mol. The van der Waals surface area contributed by atoms with Gasteiger partial charge in [-0.05, 0) is 44.8 Å². The molecule has 0 aromatic heterocycles. The SMILES string of the molecule is CSC1CCCCC1N1C2CCCC1CC(N)C2. The van der Waals surface area contributed by atoms with Gasteiger partial charge in [0.25, 0.3) is 0 Å². The van der Waals surface area contributed by atoms with Crippen LogP contribution in [0, 0.1) is 0 Å². The number of hydrogen-bond donors (Lipinski definition) is 1. The molecule has 0 spiro atoms. The Morgan fingerprint density at radius 1 is 0.944 bits per heavy atom. The summed E-state index contributed by atoms with van der Waals surface area (Å²) in [7, 11) is 0. The molecule has 0 aromatic carbocycles. The van der Waals surface area contributed by atoms with Crippen molar-refractivity contribution in [2.24, 2.45) is 5.73 Å². The molecule has 3 heteroatoms. The minimum atomic E-state index is 0.480. The second-order valence-electron chi connectivity index (χ2n) is 6.54. The van der Waals surface area contributed by atoms with Crippen LogP contribution in [0.1, 0.15) is 57.8 Å². The fraction of sp³-hybridized carbons (Fsp3) is 1.00. The maximum atomic E-state index is 6.25. The fourth-order valence-corrected chi connectivity index (χ4v) is 5.69. The van der Waals surface area contributed by atoms with Crippen molar-refractivity contribution in [2.75, 3.05) is 6.26 Å². The van der Waals surface area contributed by atoms with Crippen molar-refractivity contribution < 1.29 is 0 Å². The molecule has 3 fully saturated rings. The van der Waals surface area contributed by atoms with Gasteiger partial charge in [0.1, 0.15) is 0 Å². The quantitative estimate of drug-likeness (QED) is 0.835. The van der Waals surface area contributed by atoms with Crippen LogP contribution in [0.25, 0.3) is 0 Å². The minimum Gasteiger partial charge on any atom is -0.328 e. The first kappa shape index (κ1) is 13.3. The van der Waals surface area contributed by atoms with Crippen molar-refractivity contribution in [3.8, 4) is 0 Å². The minimum absolute atomic E-state index is 0.480. The predicted octanol–water partition coefficient (Wildman–Crippen LogP) is 3.00. The lowest BCUT2D eigenvalue weighted by atomic mass is 9.79. The van der Waals surface area contributed by atoms with Crippen LogP contribution >= 0.6 is 11.8 Å². The van der Waals surface area contributed by atoms with E-state index in [2.05, 4.69) is 22.9 Å². The summed E-state index contributed by atoms with van der Waals surface area (Å²) in [6, 6.07) is 2.96. The Kier molecular flexibility index (Phi) is 4.21. The van der Waals surface area contributed by atoms with E-state index in [0.29, 0.717) is 6.04 Å². The third-order valence-corrected chi connectivity index (χ3v) is 6.58. The first-order valence-electron chi connectivity index (χ1n) is 7.85. The molecule has 4 atom stereocenters. The highest BCUT2D eigenvalue weighted by molar-refractivity contribution is 7.99. The van der Waals surface area contributed by atoms with Gasteiger partial charge < -0.3 is 5.73 Å². The lowest BCUT2D eigenvalue weighted by Crippen LogP contribution is -2.61. The maximum Gasteiger partial charge on any atom is 0.0220 e. The molecule has 2 saturated heterocycles. The summed E-state index contributed by atoms with van der Waals surface area (Å²) in [4.78, 5) is 2.94. The second kappa shape index (κ2) is 5.72. The summed E-state index contributed by atoms with van der Waals surface area (Å²) < 4.78 is 0. The average Bonchev–Trinajstić information content (AvgIpc) is 2.37. The Hall–Kier alpha value is 0.270. The van der Waals surface area contributed by atoms with Crippen LogP contribution in [-0.2, 0) is 0 Å². The number of rotatable bonds is 2. The van der Waals surface area contributed by atoms with E-state index in [1.807, 2.05) is 0 Å². The van der Waals surface area contributed by atoms with E-state index < -0.39 is 0 Å². The van der Waals surface area contributed by atoms with Crippen molar-refractivity contribution in [3.05, 3.63) is 0 Å². The standard InChI is InChI=1S/C15H28N2S/c1-18-15-8-3-2-7-14(15)17-12-5-4-6-13(17)10-11(16)9-12/h11-15H,2-10,16H2,1H3. The van der Waals surface area contributed by atoms with Crippen LogP contribution in [0.15, 0.2) is 0 Å². The highest BCUT2D eigenvalue weighted by Crippen LogP contribution is 2.40. The number of nitrogens with two attached hydrogens (primary N) is 1. The van der Waals surface area contributed by atoms with Crippen LogP contribution in [0.5, 0.6) is 0 Å². The van der Waals surface area contributed by atoms with E-state index in [1.165, 1.54) is 57.8 Å². The summed E-state index contributed by atoms with van der Waals surface area (Å²) in [6.07, 6.45) is 14.9. The molecule has 2 bridgehead atoms. The smallest absolute Gasteiger partial charge is 0.0220 e. The van der Waals surface area contributed by atoms with Crippen molar-refractivity contribution in [3.63, 3.8) is 0 Å². The van der Waals surface area contributed by atoms with Gasteiger partial charge >= 0.3 is 0 Å². The van der Waals surface area contributed by atoms with Gasteiger partial charge in [-0.2, -0.15) is 11.8 Å². The summed E-state index contributed by atoms with van der Waals surface area (Å²) in [6.45, 7) is 0. The van der Waals surface area contributed by atoms with Crippen LogP contribution in [-0.4, -0.2) is 40.6 Å². The lowest BCUT2D eigenvalue weighted by Gasteiger charge is -2.54. The second-order valence-corrected chi connectivity index (χ2v) is 7.62. The number of hydrogen-bond acceptors (Lipinski definition) is 3. The van der Waals surface area contributed by atoms with E-state index >= 15 is 0 Å². The van der Waals surface area contributed by atoms with Gasteiger partial charge in [-0.3, -0.25) is 4.90 Å². The molecule has 3 aliphatic rings. The predicted molar refractivity (Wildman–Crippen MR) is 80.0 cm³/mol. The molecule has 2 aliphatic heterocycles. The number of fused-ring (bicyclic) bond motifs is 2. The van der Waals surface area contributed by atoms with E-state index in [-0.39, 0.29) is 0 Å². The van der Waals surface area contributed by atoms with E-state index in [0.717, 1.165) is 23.4 Å². The molecule has 0 amide bonds. The molecule has 0 radical (unpaired) electrons. The van der Waals surface area contributed by atoms with E-state index in [4.69, 9.17) is 5.73 Å². The highest BCUT2D eigenvalue weighted by atomic mass is 32.2. The molecule has 2 nitrogen and oxygen atoms in total. The highest BCUT2D eigenvalue weighted by Gasteiger charge is 2.43. The van der Waals surface area contributed by atoms with Crippen molar-refractivity contribution in [1.82, 2.24) is 4.90 Å². The van der Waals surface area contributed by atoms with E-state index in [1.54, 1.807) is 0 Å². The zero-order chi connectivity index (χ0) is 12.5. The Bertz CT molecular complexity index is 270. The van der Waals surface area contributed by atoms with Gasteiger partial charge in [0.15, 0.2) is 0 Å². The molecular formula is C15H28N2S. The lowest BCUT2D eigenvalue weighted by molar-refractivity contribution is -0.0147. The third kappa shape index (κ3) is 2.46. The summed E-state index contributed by atoms with van der Waals surface area (Å²) >= 11 is 2.11. The Morgan fingerprint density at radius 2 is 1.61 bits per heavy atom. The molecule has 3 rings (SSSR count). The summed E-state index contributed by atoms with van der Waals surface area (Å²) in [5.74, 6) is 0. The molecular weight excluding hydrogens is 240 g/mol. The van der Waals surface area contributed by atoms with Crippen LogP contribution in [0.2, 0.25) is 0 Å². The molecule has 1 aliphatic carbocycles. The van der Waals surface area contributed by atoms with Gasteiger partial charge in [-0.15, -0.1) is 0 Å². The zero-order valence-corrected chi connectivity index (χ0v) is 12.5. The largest absolute Gasteiger partial charge is 0.328 e. The molecule has 2 heterocycles. The van der Waals surface area contributed by atoms with Gasteiger partial charge in [-0.25, -0.2) is 0 Å². The Labute approximate surface area is 116 Å².